The van der Waals surface area contributed by atoms with E-state index in [-0.39, 0.29) is 55.9 Å². The second-order valence-electron chi connectivity index (χ2n) is 24.3. The fourth-order valence-electron chi connectivity index (χ4n) is 11.7. The van der Waals surface area contributed by atoms with E-state index in [9.17, 15) is 64.5 Å². The number of hydrogen-bond acceptors (Lipinski definition) is 19. The van der Waals surface area contributed by atoms with Gasteiger partial charge < -0.3 is 96.4 Å². The Hall–Kier alpha value is -8.44. The van der Waals surface area contributed by atoms with Gasteiger partial charge in [-0.1, -0.05) is 91.9 Å². The Labute approximate surface area is 525 Å². The Bertz CT molecular complexity index is 3190. The Morgan fingerprint density at radius 3 is 1.98 bits per heavy atom. The van der Waals surface area contributed by atoms with Crippen molar-refractivity contribution in [1.29, 1.82) is 0 Å². The fraction of sp³-hybridized carbons (Fsp3) is 0.500. The number of rotatable bonds is 17. The van der Waals surface area contributed by atoms with Crippen molar-refractivity contribution in [2.24, 2.45) is 5.92 Å². The molecule has 492 valence electrons. The summed E-state index contributed by atoms with van der Waals surface area (Å²) >= 11 is 0. The maximum atomic E-state index is 15.2. The highest BCUT2D eigenvalue weighted by atomic mass is 16.6. The summed E-state index contributed by atoms with van der Waals surface area (Å²) in [6.45, 7) is 4.76. The average Bonchev–Trinajstić information content (AvgIpc) is 1.67. The maximum Gasteiger partial charge on any atom is 0.408 e. The topological polar surface area (TPSA) is 394 Å². The minimum atomic E-state index is -2.12. The highest BCUT2D eigenvalue weighted by Gasteiger charge is 2.50. The number of nitrogens with one attached hydrogen (secondary N) is 6. The molecule has 13 N–H and O–H groups in total. The van der Waals surface area contributed by atoms with E-state index in [4.69, 9.17) is 18.9 Å². The van der Waals surface area contributed by atoms with Crippen LogP contribution in [0, 0.1) is 5.92 Å². The van der Waals surface area contributed by atoms with Crippen molar-refractivity contribution < 1.29 is 93.0 Å². The number of aliphatic hydroxyl groups is 7. The van der Waals surface area contributed by atoms with Crippen molar-refractivity contribution in [3.05, 3.63) is 119 Å². The first-order chi connectivity index (χ1) is 43.3. The van der Waals surface area contributed by atoms with Crippen LogP contribution in [0.5, 0.6) is 11.5 Å². The highest BCUT2D eigenvalue weighted by Crippen LogP contribution is 2.44. The van der Waals surface area contributed by atoms with Crippen LogP contribution in [0.25, 0.3) is 11.1 Å². The van der Waals surface area contributed by atoms with Crippen LogP contribution in [0.2, 0.25) is 0 Å². The van der Waals surface area contributed by atoms with Gasteiger partial charge in [-0.05, 0) is 79.6 Å². The van der Waals surface area contributed by atoms with E-state index in [1.165, 1.54) is 45.9 Å². The van der Waals surface area contributed by atoms with Crippen LogP contribution >= 0.6 is 0 Å². The Kier molecular flexibility index (Phi) is 23.0. The summed E-state index contributed by atoms with van der Waals surface area (Å²) in [4.78, 5) is 117. The van der Waals surface area contributed by atoms with Gasteiger partial charge in [0.05, 0.1) is 43.2 Å². The molecule has 0 spiro atoms. The third-order valence-electron chi connectivity index (χ3n) is 16.2. The minimum absolute atomic E-state index is 0.0699. The first-order valence-corrected chi connectivity index (χ1v) is 30.3. The van der Waals surface area contributed by atoms with Crippen LogP contribution in [0.3, 0.4) is 0 Å². The zero-order valence-corrected chi connectivity index (χ0v) is 51.2. The van der Waals surface area contributed by atoms with Gasteiger partial charge in [-0.2, -0.15) is 0 Å². The number of β-amino-alcohol motifs (C(OH)–C–C–N with tert-alkyl or cyclic N) is 1. The Morgan fingerprint density at radius 1 is 0.681 bits per heavy atom. The molecular weight excluding hydrogens is 1180 g/mol. The molecule has 0 saturated carbocycles. The first kappa shape index (κ1) is 68.5. The molecule has 3 heterocycles. The van der Waals surface area contributed by atoms with Crippen molar-refractivity contribution in [3.8, 4) is 22.6 Å². The molecule has 4 aromatic rings. The predicted molar refractivity (Wildman–Crippen MR) is 324 cm³/mol. The molecule has 4 aliphatic rings. The van der Waals surface area contributed by atoms with E-state index in [2.05, 4.69) is 31.9 Å². The lowest BCUT2D eigenvalue weighted by Gasteiger charge is -2.34. The van der Waals surface area contributed by atoms with Crippen molar-refractivity contribution in [2.45, 2.75) is 151 Å². The lowest BCUT2D eigenvalue weighted by Crippen LogP contribution is -2.64. The van der Waals surface area contributed by atoms with Crippen LogP contribution in [-0.4, -0.2) is 218 Å². The highest BCUT2D eigenvalue weighted by molar-refractivity contribution is 5.98. The largest absolute Gasteiger partial charge is 0.487 e. The first-order valence-electron chi connectivity index (χ1n) is 30.3. The molecule has 8 rings (SSSR count). The Balaban J connectivity index is 1.13. The summed E-state index contributed by atoms with van der Waals surface area (Å²) in [5.41, 5.74) is 3.86. The molecule has 27 nitrogen and oxygen atoms in total. The molecule has 3 fully saturated rings. The van der Waals surface area contributed by atoms with E-state index >= 15 is 9.59 Å². The van der Waals surface area contributed by atoms with E-state index in [1.54, 1.807) is 0 Å². The number of nitrogens with zero attached hydrogens (tertiary/aromatic N) is 2. The lowest BCUT2D eigenvalue weighted by molar-refractivity contribution is -0.147. The van der Waals surface area contributed by atoms with Gasteiger partial charge in [0.25, 0.3) is 0 Å². The molecule has 13 atom stereocenters. The van der Waals surface area contributed by atoms with Crippen molar-refractivity contribution >= 4 is 47.6 Å². The number of aliphatic hydroxyl groups excluding tert-OH is 7. The third-order valence-corrected chi connectivity index (χ3v) is 16.2. The quantitative estimate of drug-likeness (QED) is 0.0640. The van der Waals surface area contributed by atoms with Crippen molar-refractivity contribution in [3.63, 3.8) is 0 Å². The molecular formula is C64H82N8O19. The van der Waals surface area contributed by atoms with Gasteiger partial charge in [-0.15, -0.1) is 0 Å². The number of fused-ring (bicyclic) bond motifs is 5. The number of benzene rings is 4. The normalized spacial score (nSPS) is 25.4. The SMILES string of the molecule is C[C@@H](O)[C@@H]1NC(=O)C(NC(=O)OC(C)(C)C)C[C@@H](O)CNC(=O)[C@@H]2[C@@H](O)[C@@H](C)CN2C(=O)[C@H]([C@H](O)CCNC(=O)OCC2c3ccccc3-c3ccccc32)NC(=O)[C@H]([C@H](O)Cc2ccc(OCc3ccccc3)c(OCCO)c2)NC(=O)[C@@H]2C[C@@H](O)CN2C1=O. The molecule has 1 aliphatic carbocycles. The van der Waals surface area contributed by atoms with Gasteiger partial charge in [-0.3, -0.25) is 28.8 Å². The van der Waals surface area contributed by atoms with Crippen molar-refractivity contribution in [1.82, 2.24) is 41.7 Å². The van der Waals surface area contributed by atoms with Crippen LogP contribution in [0.15, 0.2) is 97.1 Å². The molecule has 8 amide bonds. The van der Waals surface area contributed by atoms with Crippen LogP contribution in [0.1, 0.15) is 82.1 Å². The summed E-state index contributed by atoms with van der Waals surface area (Å²) in [6, 6.07) is 17.7. The van der Waals surface area contributed by atoms with E-state index < -0.39 is 177 Å². The van der Waals surface area contributed by atoms with Crippen LogP contribution < -0.4 is 41.4 Å². The lowest BCUT2D eigenvalue weighted by atomic mass is 9.98. The summed E-state index contributed by atoms with van der Waals surface area (Å²) in [6.07, 6.45) is -14.5. The zero-order chi connectivity index (χ0) is 65.8. The zero-order valence-electron chi connectivity index (χ0n) is 51.2. The van der Waals surface area contributed by atoms with Gasteiger partial charge in [0.1, 0.15) is 61.7 Å². The molecule has 0 bridgehead atoms. The second kappa shape index (κ2) is 30.6. The predicted octanol–water partition coefficient (Wildman–Crippen LogP) is -0.391. The minimum Gasteiger partial charge on any atom is -0.487 e. The summed E-state index contributed by atoms with van der Waals surface area (Å²) in [5.74, 6) is -7.77. The van der Waals surface area contributed by atoms with E-state index in [0.717, 1.165) is 44.5 Å². The number of hydrogen-bond donors (Lipinski definition) is 13. The van der Waals surface area contributed by atoms with E-state index in [1.807, 2.05) is 78.9 Å². The summed E-state index contributed by atoms with van der Waals surface area (Å²) in [7, 11) is 0. The van der Waals surface area contributed by atoms with Gasteiger partial charge in [0.2, 0.25) is 35.4 Å². The third kappa shape index (κ3) is 17.3. The molecule has 3 saturated heterocycles. The van der Waals surface area contributed by atoms with Gasteiger partial charge in [0, 0.05) is 57.3 Å². The molecule has 4 aromatic carbocycles. The van der Waals surface area contributed by atoms with Crippen LogP contribution in [-0.2, 0) is 51.3 Å². The number of ether oxygens (including phenoxy) is 4. The second-order valence-corrected chi connectivity index (χ2v) is 24.3. The van der Waals surface area contributed by atoms with Gasteiger partial charge in [-0.25, -0.2) is 9.59 Å². The van der Waals surface area contributed by atoms with Crippen LogP contribution in [0.4, 0.5) is 9.59 Å². The number of carbonyl (C=O) groups is 8. The number of carbonyl (C=O) groups excluding carboxylic acids is 8. The van der Waals surface area contributed by atoms with Crippen molar-refractivity contribution in [2.75, 3.05) is 46.0 Å². The monoisotopic (exact) mass is 1270 g/mol. The van der Waals surface area contributed by atoms with Gasteiger partial charge in [0.15, 0.2) is 11.5 Å². The fourth-order valence-corrected chi connectivity index (χ4v) is 11.7. The molecule has 1 unspecified atom stereocenters. The molecule has 3 aliphatic heterocycles. The Morgan fingerprint density at radius 2 is 1.32 bits per heavy atom. The smallest absolute Gasteiger partial charge is 0.408 e. The average molecular weight is 1270 g/mol. The summed E-state index contributed by atoms with van der Waals surface area (Å²) in [5, 5.41) is 94.0. The molecule has 0 radical (unpaired) electrons. The van der Waals surface area contributed by atoms with Gasteiger partial charge >= 0.3 is 12.2 Å². The standard InChI is InChI=1S/C64H82N8O19/c1-34-30-72-54(55(34)79)59(83)66-29-38(75)27-45(67-63(87)91-64(3,4)5)56(80)68-51(35(2)74)60(84)71-31-39(76)28-46(71)57(81)69-52(48(78)25-37-19-20-49(50(26-37)88-24-23-73)89-32-36-13-7-6-8-14-36)58(82)70-53(61(72)85)47(77)21-22-65-62(86)90-33-44-42-17-11-9-15-40(42)41-16-10-12-18-43(41)44/h6-20,26,34-35,38-39,44-48,51-55,73-79H,21-25,27-33H2,1-5H3,(H,65,86)(H,66,83)(H,67,87)(H,68,80)(H,69,81)(H,70,82)/t34-,35+,38+,39+,45?,46-,47+,48+,51-,52-,53-,54-,55-/m0/s1. The number of amides is 8. The molecule has 27 heteroatoms. The van der Waals surface area contributed by atoms with E-state index in [0.29, 0.717) is 0 Å². The molecule has 0 aromatic heterocycles. The number of alkyl carbamates (subject to hydrolysis) is 2. The maximum absolute atomic E-state index is 15.2. The summed E-state index contributed by atoms with van der Waals surface area (Å²) < 4.78 is 22.9. The molecule has 91 heavy (non-hydrogen) atoms.